The van der Waals surface area contributed by atoms with Crippen LogP contribution in [0, 0.1) is 6.92 Å². The van der Waals surface area contributed by atoms with Crippen LogP contribution in [0.25, 0.3) is 0 Å². The van der Waals surface area contributed by atoms with E-state index in [4.69, 9.17) is 4.74 Å². The first-order valence-electron chi connectivity index (χ1n) is 6.51. The second-order valence-electron chi connectivity index (χ2n) is 4.89. The van der Waals surface area contributed by atoms with Crippen molar-refractivity contribution in [1.29, 1.82) is 0 Å². The summed E-state index contributed by atoms with van der Waals surface area (Å²) in [7, 11) is 1.61. The average molecular weight is 415 g/mol. The number of methoxy groups -OCH3 is 1. The molecule has 0 bridgehead atoms. The Labute approximate surface area is 141 Å². The number of halogens is 2. The second kappa shape index (κ2) is 6.71. The predicted molar refractivity (Wildman–Crippen MR) is 93.3 cm³/mol. The summed E-state index contributed by atoms with van der Waals surface area (Å²) in [6.07, 6.45) is 0. The molecule has 0 aliphatic rings. The highest BCUT2D eigenvalue weighted by Gasteiger charge is 2.15. The molecule has 2 rings (SSSR count). The Kier molecular flexibility index (Phi) is 5.17. The molecular formula is C16H17Br2NO2. The van der Waals surface area contributed by atoms with Crippen LogP contribution in [-0.4, -0.2) is 12.2 Å². The number of aryl methyl sites for hydroxylation is 1. The summed E-state index contributed by atoms with van der Waals surface area (Å²) in [6.45, 7) is 4.03. The zero-order valence-corrected chi connectivity index (χ0v) is 15.2. The highest BCUT2D eigenvalue weighted by molar-refractivity contribution is 9.11. The number of ether oxygens (including phenoxy) is 1. The van der Waals surface area contributed by atoms with Gasteiger partial charge in [0.1, 0.15) is 11.5 Å². The average Bonchev–Trinajstić information content (AvgIpc) is 2.43. The quantitative estimate of drug-likeness (QED) is 0.702. The minimum atomic E-state index is -0.0737. The van der Waals surface area contributed by atoms with E-state index in [-0.39, 0.29) is 11.8 Å². The van der Waals surface area contributed by atoms with E-state index in [1.54, 1.807) is 19.2 Å². The maximum atomic E-state index is 10.0. The third-order valence-electron chi connectivity index (χ3n) is 3.25. The van der Waals surface area contributed by atoms with E-state index in [2.05, 4.69) is 37.2 Å². The Bertz CT molecular complexity index is 636. The smallest absolute Gasteiger partial charge is 0.121 e. The molecule has 0 aromatic heterocycles. The molecule has 2 aromatic rings. The van der Waals surface area contributed by atoms with Crippen LogP contribution in [0.1, 0.15) is 24.1 Å². The molecule has 2 aromatic carbocycles. The molecule has 0 aliphatic carbocycles. The third-order valence-corrected chi connectivity index (χ3v) is 4.50. The summed E-state index contributed by atoms with van der Waals surface area (Å²) >= 11 is 7.13. The Morgan fingerprint density at radius 2 is 1.76 bits per heavy atom. The number of anilines is 1. The Morgan fingerprint density at radius 1 is 1.14 bits per heavy atom. The highest BCUT2D eigenvalue weighted by Crippen LogP contribution is 2.37. The first-order chi connectivity index (χ1) is 9.92. The van der Waals surface area contributed by atoms with Gasteiger partial charge in [0.25, 0.3) is 0 Å². The Morgan fingerprint density at radius 3 is 2.33 bits per heavy atom. The minimum Gasteiger partial charge on any atom is -0.508 e. The van der Waals surface area contributed by atoms with E-state index in [1.807, 2.05) is 32.0 Å². The van der Waals surface area contributed by atoms with E-state index in [0.717, 1.165) is 31.5 Å². The Balaban J connectivity index is 2.32. The lowest BCUT2D eigenvalue weighted by Gasteiger charge is -2.20. The van der Waals surface area contributed by atoms with E-state index in [9.17, 15) is 5.11 Å². The summed E-state index contributed by atoms with van der Waals surface area (Å²) < 4.78 is 7.17. The number of nitrogens with one attached hydrogen (secondary N) is 1. The fourth-order valence-electron chi connectivity index (χ4n) is 2.14. The molecule has 0 aliphatic heterocycles. The van der Waals surface area contributed by atoms with E-state index >= 15 is 0 Å². The van der Waals surface area contributed by atoms with Crippen LogP contribution in [0.2, 0.25) is 0 Å². The lowest BCUT2D eigenvalue weighted by atomic mass is 10.1. The molecule has 21 heavy (non-hydrogen) atoms. The summed E-state index contributed by atoms with van der Waals surface area (Å²) in [6, 6.07) is 9.24. The van der Waals surface area contributed by atoms with Gasteiger partial charge in [0.05, 0.1) is 18.8 Å². The summed E-state index contributed by atoms with van der Waals surface area (Å²) in [5, 5.41) is 13.4. The van der Waals surface area contributed by atoms with Crippen molar-refractivity contribution in [2.45, 2.75) is 19.9 Å². The highest BCUT2D eigenvalue weighted by atomic mass is 79.9. The fourth-order valence-corrected chi connectivity index (χ4v) is 3.78. The van der Waals surface area contributed by atoms with Gasteiger partial charge in [0.15, 0.2) is 0 Å². The maximum absolute atomic E-state index is 10.0. The molecule has 1 unspecified atom stereocenters. The van der Waals surface area contributed by atoms with Crippen molar-refractivity contribution in [3.63, 3.8) is 0 Å². The molecule has 0 spiro atoms. The van der Waals surface area contributed by atoms with Crippen LogP contribution in [0.5, 0.6) is 11.5 Å². The number of phenolic OH excluding ortho intramolecular Hbond substituents is 1. The van der Waals surface area contributed by atoms with Crippen LogP contribution >= 0.6 is 31.9 Å². The van der Waals surface area contributed by atoms with Gasteiger partial charge < -0.3 is 15.2 Å². The lowest BCUT2D eigenvalue weighted by Crippen LogP contribution is -2.08. The molecule has 2 N–H and O–H groups in total. The number of hydrogen-bond acceptors (Lipinski definition) is 3. The molecule has 5 heteroatoms. The number of benzene rings is 2. The molecule has 0 radical (unpaired) electrons. The molecule has 0 heterocycles. The SMILES string of the molecule is COc1ccc(O)c(C(C)Nc2c(Br)cc(C)cc2Br)c1. The van der Waals surface area contributed by atoms with Gasteiger partial charge in [-0.3, -0.25) is 0 Å². The molecule has 1 atom stereocenters. The van der Waals surface area contributed by atoms with E-state index < -0.39 is 0 Å². The number of phenols is 1. The number of rotatable bonds is 4. The van der Waals surface area contributed by atoms with Crippen LogP contribution in [0.15, 0.2) is 39.3 Å². The predicted octanol–water partition coefficient (Wildman–Crippen LogP) is 5.41. The fraction of sp³-hybridized carbons (Fsp3) is 0.250. The topological polar surface area (TPSA) is 41.5 Å². The summed E-state index contributed by atoms with van der Waals surface area (Å²) in [5.74, 6) is 0.966. The van der Waals surface area contributed by atoms with Gasteiger partial charge in [-0.25, -0.2) is 0 Å². The minimum absolute atomic E-state index is 0.0737. The van der Waals surface area contributed by atoms with Crippen molar-refractivity contribution in [3.05, 3.63) is 50.4 Å². The maximum Gasteiger partial charge on any atom is 0.121 e. The Hall–Kier alpha value is -1.20. The van der Waals surface area contributed by atoms with Crippen molar-refractivity contribution >= 4 is 37.5 Å². The molecule has 0 saturated heterocycles. The normalized spacial score (nSPS) is 12.0. The van der Waals surface area contributed by atoms with Crippen molar-refractivity contribution < 1.29 is 9.84 Å². The van der Waals surface area contributed by atoms with Crippen molar-refractivity contribution in [1.82, 2.24) is 0 Å². The first kappa shape index (κ1) is 16.2. The van der Waals surface area contributed by atoms with Crippen molar-refractivity contribution in [2.75, 3.05) is 12.4 Å². The molecular weight excluding hydrogens is 398 g/mol. The first-order valence-corrected chi connectivity index (χ1v) is 8.10. The summed E-state index contributed by atoms with van der Waals surface area (Å²) in [4.78, 5) is 0. The van der Waals surface area contributed by atoms with Gasteiger partial charge in [-0.15, -0.1) is 0 Å². The van der Waals surface area contributed by atoms with E-state index in [0.29, 0.717) is 0 Å². The van der Waals surface area contributed by atoms with Gasteiger partial charge >= 0.3 is 0 Å². The number of hydrogen-bond donors (Lipinski definition) is 2. The molecule has 0 fully saturated rings. The largest absolute Gasteiger partial charge is 0.508 e. The third kappa shape index (κ3) is 3.71. The van der Waals surface area contributed by atoms with Crippen molar-refractivity contribution in [3.8, 4) is 11.5 Å². The van der Waals surface area contributed by atoms with Crippen LogP contribution < -0.4 is 10.1 Å². The van der Waals surface area contributed by atoms with Gasteiger partial charge in [-0.1, -0.05) is 0 Å². The lowest BCUT2D eigenvalue weighted by molar-refractivity contribution is 0.410. The standard InChI is InChI=1S/C16H17Br2NO2/c1-9-6-13(17)16(14(18)7-9)19-10(2)12-8-11(21-3)4-5-15(12)20/h4-8,10,19-20H,1-3H3. The monoisotopic (exact) mass is 413 g/mol. The van der Waals surface area contributed by atoms with Crippen LogP contribution in [0.4, 0.5) is 5.69 Å². The van der Waals surface area contributed by atoms with Crippen LogP contribution in [0.3, 0.4) is 0 Å². The van der Waals surface area contributed by atoms with Crippen molar-refractivity contribution in [2.24, 2.45) is 0 Å². The zero-order valence-electron chi connectivity index (χ0n) is 12.1. The summed E-state index contributed by atoms with van der Waals surface area (Å²) in [5.41, 5.74) is 2.90. The molecule has 112 valence electrons. The van der Waals surface area contributed by atoms with E-state index in [1.165, 1.54) is 0 Å². The molecule has 0 saturated carbocycles. The number of aromatic hydroxyl groups is 1. The zero-order chi connectivity index (χ0) is 15.6. The van der Waals surface area contributed by atoms with Gasteiger partial charge in [-0.2, -0.15) is 0 Å². The second-order valence-corrected chi connectivity index (χ2v) is 6.60. The molecule has 0 amide bonds. The van der Waals surface area contributed by atoms with Gasteiger partial charge in [0, 0.05) is 14.5 Å². The van der Waals surface area contributed by atoms with Gasteiger partial charge in [0.2, 0.25) is 0 Å². The van der Waals surface area contributed by atoms with Crippen LogP contribution in [-0.2, 0) is 0 Å². The van der Waals surface area contributed by atoms with Gasteiger partial charge in [-0.05, 0) is 81.6 Å². The molecule has 3 nitrogen and oxygen atoms in total.